The van der Waals surface area contributed by atoms with Crippen LogP contribution in [0.4, 0.5) is 0 Å². The average molecular weight is 259 g/mol. The van der Waals surface area contributed by atoms with Gasteiger partial charge in [0.2, 0.25) is 0 Å². The lowest BCUT2D eigenvalue weighted by Crippen LogP contribution is -2.08. The van der Waals surface area contributed by atoms with E-state index < -0.39 is 5.97 Å². The summed E-state index contributed by atoms with van der Waals surface area (Å²) in [5, 5.41) is 8.48. The first-order valence-corrected chi connectivity index (χ1v) is 6.21. The predicted octanol–water partition coefficient (Wildman–Crippen LogP) is 2.37. The molecule has 1 heterocycles. The van der Waals surface area contributed by atoms with Crippen molar-refractivity contribution in [3.8, 4) is 5.69 Å². The minimum Gasteiger partial charge on any atom is -0.461 e. The van der Waals surface area contributed by atoms with E-state index in [2.05, 4.69) is 16.3 Å². The SMILES string of the molecule is CCOC(=O)c1nn(-c2cc(C)cc(C)c2)nc1C. The Morgan fingerprint density at radius 3 is 2.37 bits per heavy atom. The first-order valence-electron chi connectivity index (χ1n) is 6.21. The maximum atomic E-state index is 11.7. The third-order valence-corrected chi connectivity index (χ3v) is 2.69. The van der Waals surface area contributed by atoms with Gasteiger partial charge in [0.05, 0.1) is 18.0 Å². The van der Waals surface area contributed by atoms with Gasteiger partial charge >= 0.3 is 5.97 Å². The topological polar surface area (TPSA) is 57.0 Å². The van der Waals surface area contributed by atoms with Crippen molar-refractivity contribution in [3.05, 3.63) is 40.7 Å². The third kappa shape index (κ3) is 2.81. The number of hydrogen-bond acceptors (Lipinski definition) is 4. The van der Waals surface area contributed by atoms with Crippen LogP contribution in [0.2, 0.25) is 0 Å². The van der Waals surface area contributed by atoms with Gasteiger partial charge in [-0.25, -0.2) is 4.79 Å². The van der Waals surface area contributed by atoms with Crippen LogP contribution in [0.25, 0.3) is 5.69 Å². The molecule has 1 aromatic carbocycles. The Morgan fingerprint density at radius 1 is 1.16 bits per heavy atom. The van der Waals surface area contributed by atoms with E-state index in [0.29, 0.717) is 12.3 Å². The molecule has 0 unspecified atom stereocenters. The number of esters is 1. The van der Waals surface area contributed by atoms with Gasteiger partial charge in [-0.1, -0.05) is 6.07 Å². The molecule has 2 rings (SSSR count). The molecule has 0 spiro atoms. The Labute approximate surface area is 112 Å². The first kappa shape index (κ1) is 13.3. The van der Waals surface area contributed by atoms with Crippen LogP contribution in [0.1, 0.15) is 34.2 Å². The van der Waals surface area contributed by atoms with E-state index in [-0.39, 0.29) is 5.69 Å². The van der Waals surface area contributed by atoms with Crippen molar-refractivity contribution in [3.63, 3.8) is 0 Å². The van der Waals surface area contributed by atoms with Crippen molar-refractivity contribution in [2.45, 2.75) is 27.7 Å². The molecule has 0 aliphatic carbocycles. The molecule has 0 amide bonds. The van der Waals surface area contributed by atoms with Crippen LogP contribution < -0.4 is 0 Å². The highest BCUT2D eigenvalue weighted by Crippen LogP contribution is 2.13. The fourth-order valence-electron chi connectivity index (χ4n) is 1.95. The Bertz CT molecular complexity index is 597. The van der Waals surface area contributed by atoms with Gasteiger partial charge in [0, 0.05) is 0 Å². The quantitative estimate of drug-likeness (QED) is 0.794. The van der Waals surface area contributed by atoms with Crippen molar-refractivity contribution in [1.29, 1.82) is 0 Å². The summed E-state index contributed by atoms with van der Waals surface area (Å²) in [6, 6.07) is 6.02. The summed E-state index contributed by atoms with van der Waals surface area (Å²) in [7, 11) is 0. The molecule has 2 aromatic rings. The van der Waals surface area contributed by atoms with E-state index in [1.807, 2.05) is 26.0 Å². The zero-order valence-corrected chi connectivity index (χ0v) is 11.6. The van der Waals surface area contributed by atoms with Gasteiger partial charge in [-0.3, -0.25) is 0 Å². The zero-order chi connectivity index (χ0) is 14.0. The van der Waals surface area contributed by atoms with E-state index in [1.165, 1.54) is 4.80 Å². The normalized spacial score (nSPS) is 10.5. The first-order chi connectivity index (χ1) is 9.01. The summed E-state index contributed by atoms with van der Waals surface area (Å²) in [5.41, 5.74) is 3.93. The number of aromatic nitrogens is 3. The molecule has 0 N–H and O–H groups in total. The van der Waals surface area contributed by atoms with Crippen LogP contribution in [0.15, 0.2) is 18.2 Å². The molecular formula is C14H17N3O2. The molecule has 0 bridgehead atoms. The summed E-state index contributed by atoms with van der Waals surface area (Å²) in [6.45, 7) is 7.87. The number of nitrogens with zero attached hydrogens (tertiary/aromatic N) is 3. The van der Waals surface area contributed by atoms with Crippen LogP contribution >= 0.6 is 0 Å². The second-order valence-electron chi connectivity index (χ2n) is 4.49. The maximum Gasteiger partial charge on any atom is 0.360 e. The highest BCUT2D eigenvalue weighted by Gasteiger charge is 2.17. The van der Waals surface area contributed by atoms with Crippen LogP contribution in [0.3, 0.4) is 0 Å². The summed E-state index contributed by atoms with van der Waals surface area (Å²) in [5.74, 6) is -0.435. The number of hydrogen-bond donors (Lipinski definition) is 0. The van der Waals surface area contributed by atoms with Gasteiger partial charge in [-0.15, -0.1) is 5.10 Å². The Morgan fingerprint density at radius 2 is 1.79 bits per heavy atom. The van der Waals surface area contributed by atoms with Gasteiger partial charge in [-0.2, -0.15) is 9.90 Å². The minimum atomic E-state index is -0.435. The summed E-state index contributed by atoms with van der Waals surface area (Å²) in [4.78, 5) is 13.2. The molecule has 5 heteroatoms. The third-order valence-electron chi connectivity index (χ3n) is 2.69. The molecule has 0 saturated carbocycles. The van der Waals surface area contributed by atoms with Gasteiger partial charge in [0.15, 0.2) is 5.69 Å². The highest BCUT2D eigenvalue weighted by atomic mass is 16.5. The van der Waals surface area contributed by atoms with Crippen molar-refractivity contribution in [2.75, 3.05) is 6.61 Å². The second kappa shape index (κ2) is 5.22. The van der Waals surface area contributed by atoms with Gasteiger partial charge in [-0.05, 0) is 51.0 Å². The van der Waals surface area contributed by atoms with Crippen LogP contribution in [-0.2, 0) is 4.74 Å². The maximum absolute atomic E-state index is 11.7. The van der Waals surface area contributed by atoms with E-state index in [4.69, 9.17) is 4.74 Å². The fraction of sp³-hybridized carbons (Fsp3) is 0.357. The molecular weight excluding hydrogens is 242 g/mol. The van der Waals surface area contributed by atoms with Crippen LogP contribution in [0, 0.1) is 20.8 Å². The summed E-state index contributed by atoms with van der Waals surface area (Å²) < 4.78 is 4.95. The van der Waals surface area contributed by atoms with E-state index in [0.717, 1.165) is 16.8 Å². The number of ether oxygens (including phenoxy) is 1. The summed E-state index contributed by atoms with van der Waals surface area (Å²) in [6.07, 6.45) is 0. The van der Waals surface area contributed by atoms with E-state index in [1.54, 1.807) is 13.8 Å². The van der Waals surface area contributed by atoms with Gasteiger partial charge in [0.1, 0.15) is 0 Å². The van der Waals surface area contributed by atoms with E-state index >= 15 is 0 Å². The number of carbonyl (C=O) groups is 1. The van der Waals surface area contributed by atoms with Crippen LogP contribution in [0.5, 0.6) is 0 Å². The zero-order valence-electron chi connectivity index (χ0n) is 11.6. The van der Waals surface area contributed by atoms with Crippen LogP contribution in [-0.4, -0.2) is 27.6 Å². The lowest BCUT2D eigenvalue weighted by molar-refractivity contribution is 0.0518. The summed E-state index contributed by atoms with van der Waals surface area (Å²) >= 11 is 0. The Hall–Kier alpha value is -2.17. The molecule has 0 saturated heterocycles. The van der Waals surface area contributed by atoms with Crippen molar-refractivity contribution < 1.29 is 9.53 Å². The van der Waals surface area contributed by atoms with Crippen molar-refractivity contribution >= 4 is 5.97 Å². The predicted molar refractivity (Wildman–Crippen MR) is 71.5 cm³/mol. The molecule has 100 valence electrons. The number of benzene rings is 1. The number of aryl methyl sites for hydroxylation is 3. The number of carbonyl (C=O) groups excluding carboxylic acids is 1. The lowest BCUT2D eigenvalue weighted by Gasteiger charge is -2.03. The minimum absolute atomic E-state index is 0.265. The molecule has 5 nitrogen and oxygen atoms in total. The second-order valence-corrected chi connectivity index (χ2v) is 4.49. The largest absolute Gasteiger partial charge is 0.461 e. The molecule has 0 aliphatic rings. The molecule has 0 atom stereocenters. The monoisotopic (exact) mass is 259 g/mol. The van der Waals surface area contributed by atoms with Crippen molar-refractivity contribution in [1.82, 2.24) is 15.0 Å². The number of rotatable bonds is 3. The van der Waals surface area contributed by atoms with Gasteiger partial charge < -0.3 is 4.74 Å². The molecule has 19 heavy (non-hydrogen) atoms. The Balaban J connectivity index is 2.41. The van der Waals surface area contributed by atoms with Gasteiger partial charge in [0.25, 0.3) is 0 Å². The fourth-order valence-corrected chi connectivity index (χ4v) is 1.95. The Kier molecular flexibility index (Phi) is 3.64. The lowest BCUT2D eigenvalue weighted by atomic mass is 10.1. The molecule has 0 fully saturated rings. The molecule has 0 radical (unpaired) electrons. The standard InChI is InChI=1S/C14H17N3O2/c1-5-19-14(18)13-11(4)15-17(16-13)12-7-9(2)6-10(3)8-12/h6-8H,5H2,1-4H3. The van der Waals surface area contributed by atoms with Crippen molar-refractivity contribution in [2.24, 2.45) is 0 Å². The smallest absolute Gasteiger partial charge is 0.360 e. The molecule has 0 aliphatic heterocycles. The highest BCUT2D eigenvalue weighted by molar-refractivity contribution is 5.88. The van der Waals surface area contributed by atoms with E-state index in [9.17, 15) is 4.79 Å². The average Bonchev–Trinajstić information content (AvgIpc) is 2.70. The molecule has 1 aromatic heterocycles.